The van der Waals surface area contributed by atoms with Crippen molar-refractivity contribution < 1.29 is 44.0 Å². The smallest absolute Gasteiger partial charge is 0.329 e. The number of esters is 1. The molecule has 10 nitrogen and oxygen atoms in total. The Bertz CT molecular complexity index is 1610. The van der Waals surface area contributed by atoms with Crippen LogP contribution in [0.25, 0.3) is 0 Å². The Kier molecular flexibility index (Phi) is 21.7. The van der Waals surface area contributed by atoms with E-state index in [9.17, 15) is 34.5 Å². The maximum Gasteiger partial charge on any atom is 0.329 e. The van der Waals surface area contributed by atoms with Crippen LogP contribution in [0.15, 0.2) is 47.6 Å². The van der Waals surface area contributed by atoms with E-state index in [0.717, 1.165) is 50.5 Å². The zero-order valence-corrected chi connectivity index (χ0v) is 41.2. The highest BCUT2D eigenvalue weighted by Gasteiger charge is 2.41. The van der Waals surface area contributed by atoms with Crippen molar-refractivity contribution in [3.05, 3.63) is 47.6 Å². The van der Waals surface area contributed by atoms with Gasteiger partial charge < -0.3 is 29.7 Å². The second-order valence-electron chi connectivity index (χ2n) is 21.5. The predicted molar refractivity (Wildman–Crippen MR) is 252 cm³/mol. The first-order chi connectivity index (χ1) is 29.4. The van der Waals surface area contributed by atoms with Gasteiger partial charge in [0.15, 0.2) is 0 Å². The number of hydrogen-bond acceptors (Lipinski definition) is 9. The lowest BCUT2D eigenvalue weighted by atomic mass is 9.79. The molecule has 3 rings (SSSR count). The number of fused-ring (bicyclic) bond motifs is 1. The van der Waals surface area contributed by atoms with Crippen LogP contribution in [0.4, 0.5) is 0 Å². The predicted octanol–water partition coefficient (Wildman–Crippen LogP) is 9.83. The molecule has 0 aromatic carbocycles. The van der Waals surface area contributed by atoms with E-state index in [4.69, 9.17) is 9.47 Å². The largest absolute Gasteiger partial charge is 0.460 e. The van der Waals surface area contributed by atoms with E-state index in [2.05, 4.69) is 53.7 Å². The number of amides is 1. The maximum absolute atomic E-state index is 14.1. The lowest BCUT2D eigenvalue weighted by Crippen LogP contribution is -2.47. The van der Waals surface area contributed by atoms with E-state index in [1.54, 1.807) is 31.7 Å². The second kappa shape index (κ2) is 25.1. The minimum absolute atomic E-state index is 0.0239. The zero-order valence-electron chi connectivity index (χ0n) is 41.2. The third kappa shape index (κ3) is 18.5. The number of ketones is 2. The Morgan fingerprint density at radius 2 is 1.52 bits per heavy atom. The summed E-state index contributed by atoms with van der Waals surface area (Å²) in [4.78, 5) is 56.8. The van der Waals surface area contributed by atoms with Crippen LogP contribution in [0.2, 0.25) is 0 Å². The van der Waals surface area contributed by atoms with Crippen molar-refractivity contribution in [2.24, 2.45) is 41.4 Å². The van der Waals surface area contributed by atoms with Gasteiger partial charge in [-0.15, -0.1) is 0 Å². The average molecular weight is 882 g/mol. The summed E-state index contributed by atoms with van der Waals surface area (Å²) in [5, 5.41) is 33.0. The fourth-order valence-electron chi connectivity index (χ4n) is 9.56. The number of cyclic esters (lactones) is 1. The molecule has 1 saturated heterocycles. The van der Waals surface area contributed by atoms with Gasteiger partial charge in [0.1, 0.15) is 23.7 Å². The van der Waals surface area contributed by atoms with Gasteiger partial charge in [-0.25, -0.2) is 4.79 Å². The van der Waals surface area contributed by atoms with Gasteiger partial charge in [0.05, 0.1) is 35.9 Å². The molecule has 3 N–H and O–H groups in total. The van der Waals surface area contributed by atoms with Crippen LogP contribution in [-0.4, -0.2) is 91.9 Å². The quantitative estimate of drug-likeness (QED) is 0.185. The van der Waals surface area contributed by atoms with Crippen LogP contribution in [-0.2, 0) is 28.7 Å². The molecule has 0 aromatic heterocycles. The number of aliphatic hydroxyl groups excluding tert-OH is 2. The zero-order chi connectivity index (χ0) is 47.2. The standard InChI is InChI=1S/C53H87NO9/c1-34-17-14-13-15-18-36(3)49(63-52(9,10)11)28-35(2)20-21-41(8)53(12,61)33-50(59)54-26-16-19-44(54)51(60)62-48(40(7)30-42-22-24-43(55)25-23-42)32-47(58)39(6)29-38(5)46(57)31-45(56)37(4)27-34/h13-15,17-18,29,34-35,37,39-44,46,48-49,55,57,61H,16,19-28,30-33H2,1-12H3/b15-13+,17-14+,36-18+,38-29+/t34-,35+,37-,39-,40-,41-,42?,43?,44?,46+,48+,49+,53-/m1/s1. The summed E-state index contributed by atoms with van der Waals surface area (Å²) in [6.45, 7) is 24.1. The van der Waals surface area contributed by atoms with Gasteiger partial charge in [-0.3, -0.25) is 14.4 Å². The first-order valence-electron chi connectivity index (χ1n) is 24.4. The Labute approximate surface area is 381 Å². The van der Waals surface area contributed by atoms with Crippen molar-refractivity contribution in [1.29, 1.82) is 0 Å². The highest BCUT2D eigenvalue weighted by atomic mass is 16.5. The third-order valence-corrected chi connectivity index (χ3v) is 14.2. The van der Waals surface area contributed by atoms with Gasteiger partial charge in [0.25, 0.3) is 0 Å². The SMILES string of the molecule is C\C1=C/C=C/C=C/[C@@H](C)C[C@@H](C)C(=O)C[C@H](O)/C(C)=C/[C@@H](C)C(=O)C[C@@H]([C@H](C)CC2CCC(O)CC2)OC(=O)C2CCCN2C(=O)C[C@@](C)(O)[C@H](C)CC[C@H](C)C[C@@H]1OC(C)(C)C. The molecule has 0 radical (unpaired) electrons. The lowest BCUT2D eigenvalue weighted by molar-refractivity contribution is -0.163. The average Bonchev–Trinajstić information content (AvgIpc) is 3.69. The molecule has 2 fully saturated rings. The minimum atomic E-state index is -1.29. The Morgan fingerprint density at radius 1 is 0.857 bits per heavy atom. The molecule has 0 spiro atoms. The summed E-state index contributed by atoms with van der Waals surface area (Å²) < 4.78 is 12.8. The molecule has 0 bridgehead atoms. The molecule has 1 unspecified atom stereocenters. The minimum Gasteiger partial charge on any atom is -0.460 e. The number of rotatable bonds is 4. The normalized spacial score (nSPS) is 38.5. The fourth-order valence-corrected chi connectivity index (χ4v) is 9.56. The number of Topliss-reactive ketones (excluding diaryl/α,β-unsaturated/α-hetero) is 2. The first kappa shape index (κ1) is 54.4. The summed E-state index contributed by atoms with van der Waals surface area (Å²) >= 11 is 0. The van der Waals surface area contributed by atoms with Crippen molar-refractivity contribution in [1.82, 2.24) is 4.90 Å². The summed E-state index contributed by atoms with van der Waals surface area (Å²) in [6.07, 6.45) is 17.6. The molecule has 358 valence electrons. The molecular weight excluding hydrogens is 795 g/mol. The van der Waals surface area contributed by atoms with Gasteiger partial charge in [-0.05, 0) is 146 Å². The van der Waals surface area contributed by atoms with Gasteiger partial charge in [-0.2, -0.15) is 0 Å². The molecule has 3 aliphatic rings. The van der Waals surface area contributed by atoms with Crippen molar-refractivity contribution in [3.8, 4) is 0 Å². The van der Waals surface area contributed by atoms with E-state index in [1.807, 2.05) is 39.0 Å². The number of hydrogen-bond donors (Lipinski definition) is 3. The molecule has 2 heterocycles. The van der Waals surface area contributed by atoms with E-state index in [-0.39, 0.29) is 84.1 Å². The second-order valence-corrected chi connectivity index (χ2v) is 21.5. The van der Waals surface area contributed by atoms with E-state index in [0.29, 0.717) is 43.7 Å². The maximum atomic E-state index is 14.1. The highest BCUT2D eigenvalue weighted by Crippen LogP contribution is 2.35. The number of carbonyl (C=O) groups is 4. The molecular formula is C53H87NO9. The van der Waals surface area contributed by atoms with Gasteiger partial charge in [0, 0.05) is 31.2 Å². The van der Waals surface area contributed by atoms with Crippen molar-refractivity contribution in [3.63, 3.8) is 0 Å². The summed E-state index contributed by atoms with van der Waals surface area (Å²) in [5.41, 5.74) is 0.0180. The number of aliphatic hydroxyl groups is 3. The van der Waals surface area contributed by atoms with Crippen LogP contribution >= 0.6 is 0 Å². The monoisotopic (exact) mass is 882 g/mol. The van der Waals surface area contributed by atoms with Crippen molar-refractivity contribution in [2.45, 2.75) is 215 Å². The third-order valence-electron chi connectivity index (χ3n) is 14.2. The van der Waals surface area contributed by atoms with Gasteiger partial charge >= 0.3 is 5.97 Å². The van der Waals surface area contributed by atoms with E-state index < -0.39 is 35.7 Å². The number of allylic oxidation sites excluding steroid dienone is 6. The molecule has 1 aliphatic carbocycles. The van der Waals surface area contributed by atoms with Crippen LogP contribution < -0.4 is 0 Å². The van der Waals surface area contributed by atoms with Crippen molar-refractivity contribution in [2.75, 3.05) is 6.54 Å². The summed E-state index contributed by atoms with van der Waals surface area (Å²) in [5.74, 6) is -1.43. The molecule has 0 aromatic rings. The summed E-state index contributed by atoms with van der Waals surface area (Å²) in [7, 11) is 0. The number of nitrogens with zero attached hydrogens (tertiary/aromatic N) is 1. The van der Waals surface area contributed by atoms with Crippen LogP contribution in [0, 0.1) is 41.4 Å². The highest BCUT2D eigenvalue weighted by molar-refractivity contribution is 5.87. The number of ether oxygens (including phenoxy) is 2. The molecule has 1 saturated carbocycles. The fraction of sp³-hybridized carbons (Fsp3) is 0.774. The van der Waals surface area contributed by atoms with Crippen LogP contribution in [0.5, 0.6) is 0 Å². The molecule has 63 heavy (non-hydrogen) atoms. The topological polar surface area (TPSA) is 151 Å². The Morgan fingerprint density at radius 3 is 2.17 bits per heavy atom. The van der Waals surface area contributed by atoms with Gasteiger partial charge in [0.2, 0.25) is 5.91 Å². The van der Waals surface area contributed by atoms with E-state index >= 15 is 0 Å². The molecule has 2 aliphatic heterocycles. The Hall–Kier alpha value is -2.92. The Balaban J connectivity index is 1.91. The molecule has 10 heteroatoms. The number of carbonyl (C=O) groups excluding carboxylic acids is 4. The lowest BCUT2D eigenvalue weighted by Gasteiger charge is -2.35. The van der Waals surface area contributed by atoms with E-state index in [1.165, 1.54) is 0 Å². The van der Waals surface area contributed by atoms with Gasteiger partial charge in [-0.1, -0.05) is 84.4 Å². The molecule has 11 atom stereocenters. The van der Waals surface area contributed by atoms with Crippen molar-refractivity contribution >= 4 is 23.4 Å². The van der Waals surface area contributed by atoms with Crippen LogP contribution in [0.1, 0.15) is 173 Å². The summed E-state index contributed by atoms with van der Waals surface area (Å²) in [6, 6.07) is -0.804. The first-order valence-corrected chi connectivity index (χ1v) is 24.4. The van der Waals surface area contributed by atoms with Crippen LogP contribution in [0.3, 0.4) is 0 Å². The molecule has 1 amide bonds.